The van der Waals surface area contributed by atoms with E-state index in [1.54, 1.807) is 0 Å². The lowest BCUT2D eigenvalue weighted by atomic mass is 10.2. The van der Waals surface area contributed by atoms with E-state index in [-0.39, 0.29) is 0 Å². The molecule has 0 aliphatic rings. The van der Waals surface area contributed by atoms with Gasteiger partial charge < -0.3 is 4.57 Å². The maximum Gasteiger partial charge on any atom is 0.149 e. The Balaban J connectivity index is 2.28. The van der Waals surface area contributed by atoms with Gasteiger partial charge in [-0.25, -0.2) is 9.97 Å². The Hall–Kier alpha value is -1.87. The van der Waals surface area contributed by atoms with Crippen molar-refractivity contribution in [3.8, 4) is 5.69 Å². The van der Waals surface area contributed by atoms with E-state index in [1.165, 1.54) is 11.9 Å². The quantitative estimate of drug-likeness (QED) is 0.614. The number of halogens is 1. The number of fused-ring (bicyclic) bond motifs is 1. The van der Waals surface area contributed by atoms with Crippen molar-refractivity contribution < 1.29 is 0 Å². The van der Waals surface area contributed by atoms with Gasteiger partial charge in [-0.1, -0.05) is 23.7 Å². The van der Waals surface area contributed by atoms with Crippen molar-refractivity contribution in [2.45, 2.75) is 6.92 Å². The SMILES string of the molecule is Cc1cccc(-n2ccc3c(Cl)ncnc32)c1. The van der Waals surface area contributed by atoms with Crippen LogP contribution in [0, 0.1) is 6.92 Å². The summed E-state index contributed by atoms with van der Waals surface area (Å²) >= 11 is 6.02. The summed E-state index contributed by atoms with van der Waals surface area (Å²) in [5, 5.41) is 1.36. The highest BCUT2D eigenvalue weighted by molar-refractivity contribution is 6.33. The van der Waals surface area contributed by atoms with E-state index in [2.05, 4.69) is 29.0 Å². The van der Waals surface area contributed by atoms with E-state index < -0.39 is 0 Å². The second-order valence-electron chi connectivity index (χ2n) is 3.93. The summed E-state index contributed by atoms with van der Waals surface area (Å²) in [6.07, 6.45) is 3.44. The molecule has 3 aromatic rings. The van der Waals surface area contributed by atoms with Crippen LogP contribution < -0.4 is 0 Å². The highest BCUT2D eigenvalue weighted by atomic mass is 35.5. The van der Waals surface area contributed by atoms with Crippen LogP contribution in [0.25, 0.3) is 16.7 Å². The molecule has 0 amide bonds. The van der Waals surface area contributed by atoms with E-state index >= 15 is 0 Å². The summed E-state index contributed by atoms with van der Waals surface area (Å²) in [6.45, 7) is 2.07. The fourth-order valence-electron chi connectivity index (χ4n) is 1.91. The zero-order valence-corrected chi connectivity index (χ0v) is 10.0. The van der Waals surface area contributed by atoms with Crippen molar-refractivity contribution in [1.29, 1.82) is 0 Å². The standard InChI is InChI=1S/C13H10ClN3/c1-9-3-2-4-10(7-9)17-6-5-11-12(14)15-8-16-13(11)17/h2-8H,1H3. The summed E-state index contributed by atoms with van der Waals surface area (Å²) in [6, 6.07) is 10.2. The first-order valence-electron chi connectivity index (χ1n) is 5.30. The number of hydrogen-bond donors (Lipinski definition) is 0. The van der Waals surface area contributed by atoms with Crippen molar-refractivity contribution >= 4 is 22.6 Å². The number of rotatable bonds is 1. The lowest BCUT2D eigenvalue weighted by molar-refractivity contribution is 1.07. The molecule has 0 fully saturated rings. The van der Waals surface area contributed by atoms with E-state index in [0.717, 1.165) is 16.7 Å². The molecule has 3 nitrogen and oxygen atoms in total. The van der Waals surface area contributed by atoms with Gasteiger partial charge >= 0.3 is 0 Å². The third-order valence-corrected chi connectivity index (χ3v) is 3.01. The van der Waals surface area contributed by atoms with Crippen LogP contribution in [0.2, 0.25) is 5.15 Å². The second kappa shape index (κ2) is 3.86. The lowest BCUT2D eigenvalue weighted by Crippen LogP contribution is -1.94. The van der Waals surface area contributed by atoms with Gasteiger partial charge in [0, 0.05) is 11.9 Å². The van der Waals surface area contributed by atoms with E-state index in [0.29, 0.717) is 5.15 Å². The Kier molecular flexibility index (Phi) is 2.34. The van der Waals surface area contributed by atoms with Gasteiger partial charge in [0.1, 0.15) is 17.1 Å². The van der Waals surface area contributed by atoms with Gasteiger partial charge in [0.05, 0.1) is 5.39 Å². The highest BCUT2D eigenvalue weighted by Gasteiger charge is 2.07. The largest absolute Gasteiger partial charge is 0.301 e. The summed E-state index contributed by atoms with van der Waals surface area (Å²) in [7, 11) is 0. The van der Waals surface area contributed by atoms with Gasteiger partial charge in [-0.3, -0.25) is 0 Å². The Morgan fingerprint density at radius 1 is 1.18 bits per heavy atom. The molecular formula is C13H10ClN3. The Morgan fingerprint density at radius 3 is 2.88 bits per heavy atom. The van der Waals surface area contributed by atoms with Gasteiger partial charge in [-0.2, -0.15) is 0 Å². The second-order valence-corrected chi connectivity index (χ2v) is 4.28. The fourth-order valence-corrected chi connectivity index (χ4v) is 2.10. The van der Waals surface area contributed by atoms with Crippen molar-refractivity contribution in [2.75, 3.05) is 0 Å². The predicted molar refractivity (Wildman–Crippen MR) is 68.6 cm³/mol. The maximum atomic E-state index is 6.02. The lowest BCUT2D eigenvalue weighted by Gasteiger charge is -2.05. The third-order valence-electron chi connectivity index (χ3n) is 2.71. The zero-order chi connectivity index (χ0) is 11.8. The smallest absolute Gasteiger partial charge is 0.149 e. The Morgan fingerprint density at radius 2 is 2.06 bits per heavy atom. The molecule has 0 atom stereocenters. The molecule has 0 N–H and O–H groups in total. The molecule has 2 aromatic heterocycles. The summed E-state index contributed by atoms with van der Waals surface area (Å²) < 4.78 is 2.01. The van der Waals surface area contributed by atoms with Gasteiger partial charge in [0.25, 0.3) is 0 Å². The van der Waals surface area contributed by atoms with E-state index in [9.17, 15) is 0 Å². The predicted octanol–water partition coefficient (Wildman–Crippen LogP) is 3.38. The molecule has 17 heavy (non-hydrogen) atoms. The monoisotopic (exact) mass is 243 g/mol. The molecule has 3 rings (SSSR count). The molecule has 1 aromatic carbocycles. The van der Waals surface area contributed by atoms with Crippen molar-refractivity contribution in [1.82, 2.24) is 14.5 Å². The first-order valence-corrected chi connectivity index (χ1v) is 5.68. The maximum absolute atomic E-state index is 6.02. The average molecular weight is 244 g/mol. The fraction of sp³-hybridized carbons (Fsp3) is 0.0769. The minimum absolute atomic E-state index is 0.487. The number of nitrogens with zero attached hydrogens (tertiary/aromatic N) is 3. The molecule has 2 heterocycles. The van der Waals surface area contributed by atoms with Gasteiger partial charge in [-0.05, 0) is 30.7 Å². The molecular weight excluding hydrogens is 234 g/mol. The van der Waals surface area contributed by atoms with Crippen molar-refractivity contribution in [3.63, 3.8) is 0 Å². The van der Waals surface area contributed by atoms with Gasteiger partial charge in [0.2, 0.25) is 0 Å². The number of aromatic nitrogens is 3. The van der Waals surface area contributed by atoms with Crippen molar-refractivity contribution in [2.24, 2.45) is 0 Å². The first kappa shape index (κ1) is 10.3. The number of hydrogen-bond acceptors (Lipinski definition) is 2. The molecule has 0 radical (unpaired) electrons. The molecule has 0 saturated heterocycles. The molecule has 84 valence electrons. The van der Waals surface area contributed by atoms with Crippen LogP contribution in [0.15, 0.2) is 42.9 Å². The molecule has 0 saturated carbocycles. The van der Waals surface area contributed by atoms with Crippen LogP contribution in [0.4, 0.5) is 0 Å². The van der Waals surface area contributed by atoms with Crippen LogP contribution in [0.5, 0.6) is 0 Å². The normalized spacial score (nSPS) is 10.9. The highest BCUT2D eigenvalue weighted by Crippen LogP contribution is 2.23. The molecule has 0 aliphatic carbocycles. The minimum Gasteiger partial charge on any atom is -0.301 e. The molecule has 0 spiro atoms. The van der Waals surface area contributed by atoms with Crippen LogP contribution in [-0.4, -0.2) is 14.5 Å². The third kappa shape index (κ3) is 1.68. The summed E-state index contributed by atoms with van der Waals surface area (Å²) in [5.41, 5.74) is 3.12. The number of aryl methyl sites for hydroxylation is 1. The van der Waals surface area contributed by atoms with Gasteiger partial charge in [-0.15, -0.1) is 0 Å². The van der Waals surface area contributed by atoms with Crippen LogP contribution in [0.3, 0.4) is 0 Å². The number of benzene rings is 1. The molecule has 0 unspecified atom stereocenters. The summed E-state index contributed by atoms with van der Waals surface area (Å²) in [4.78, 5) is 8.25. The van der Waals surface area contributed by atoms with Crippen molar-refractivity contribution in [3.05, 3.63) is 53.6 Å². The molecule has 0 aliphatic heterocycles. The van der Waals surface area contributed by atoms with E-state index in [1.807, 2.05) is 29.0 Å². The van der Waals surface area contributed by atoms with Gasteiger partial charge in [0.15, 0.2) is 0 Å². The first-order chi connectivity index (χ1) is 8.25. The Labute approximate surface area is 104 Å². The average Bonchev–Trinajstić information content (AvgIpc) is 2.74. The van der Waals surface area contributed by atoms with E-state index in [4.69, 9.17) is 11.6 Å². The van der Waals surface area contributed by atoms with Crippen LogP contribution in [0.1, 0.15) is 5.56 Å². The Bertz CT molecular complexity index is 688. The topological polar surface area (TPSA) is 30.7 Å². The zero-order valence-electron chi connectivity index (χ0n) is 9.26. The molecule has 4 heteroatoms. The van der Waals surface area contributed by atoms with Crippen LogP contribution in [-0.2, 0) is 0 Å². The minimum atomic E-state index is 0.487. The summed E-state index contributed by atoms with van der Waals surface area (Å²) in [5.74, 6) is 0. The van der Waals surface area contributed by atoms with Crippen LogP contribution >= 0.6 is 11.6 Å². The molecule has 0 bridgehead atoms.